The number of rotatable bonds is 1. The van der Waals surface area contributed by atoms with Gasteiger partial charge in [0.05, 0.1) is 30.0 Å². The molecule has 1 saturated heterocycles. The number of ether oxygens (including phenoxy) is 1. The SMILES string of the molecule is CC(C)=C[C@H]1C[C@](C)(O)[C@H]2CC[C@]3(C)[C@@H]2[C@@H](C[C@@H]2[C@@]4(C)CC[C@H](O)C(C)(C)[C@@H]4[C@@H](O)C[C@]23C)O1. The van der Waals surface area contributed by atoms with Gasteiger partial charge in [-0.15, -0.1) is 0 Å². The Morgan fingerprint density at radius 1 is 0.912 bits per heavy atom. The highest BCUT2D eigenvalue weighted by molar-refractivity contribution is 5.22. The first kappa shape index (κ1) is 25.2. The van der Waals surface area contributed by atoms with Crippen molar-refractivity contribution in [3.8, 4) is 0 Å². The largest absolute Gasteiger partial charge is 0.393 e. The van der Waals surface area contributed by atoms with Crippen molar-refractivity contribution in [2.24, 2.45) is 45.3 Å². The number of aliphatic hydroxyl groups is 3. The molecule has 4 saturated carbocycles. The minimum absolute atomic E-state index is 0.0122. The molecule has 1 aliphatic heterocycles. The summed E-state index contributed by atoms with van der Waals surface area (Å²) in [4.78, 5) is 0. The standard InChI is InChI=1S/C30H50O4/c1-17(2)13-18-15-30(8,33)19-9-12-28(6)24(19)21(34-18)14-22-27(5)11-10-23(32)26(3,4)25(27)20(31)16-29(22,28)7/h13,18-25,31-33H,9-12,14-16H2,1-8H3/t18-,19-,20-,21+,22+,23-,24-,25-,27+,28+,29+,30-/m0/s1. The van der Waals surface area contributed by atoms with Crippen LogP contribution in [0.4, 0.5) is 0 Å². The quantitative estimate of drug-likeness (QED) is 0.440. The van der Waals surface area contributed by atoms with Gasteiger partial charge in [0.15, 0.2) is 0 Å². The summed E-state index contributed by atoms with van der Waals surface area (Å²) >= 11 is 0. The van der Waals surface area contributed by atoms with E-state index in [0.717, 1.165) is 38.5 Å². The molecule has 0 bridgehead atoms. The zero-order valence-electron chi connectivity index (χ0n) is 22.9. The summed E-state index contributed by atoms with van der Waals surface area (Å²) in [5.41, 5.74) is 0.167. The summed E-state index contributed by atoms with van der Waals surface area (Å²) < 4.78 is 6.98. The molecule has 194 valence electrons. The van der Waals surface area contributed by atoms with Crippen LogP contribution in [-0.4, -0.2) is 45.3 Å². The van der Waals surface area contributed by atoms with E-state index in [1.807, 2.05) is 6.92 Å². The van der Waals surface area contributed by atoms with Crippen molar-refractivity contribution in [1.82, 2.24) is 0 Å². The Bertz CT molecular complexity index is 858. The summed E-state index contributed by atoms with van der Waals surface area (Å²) in [6.45, 7) is 18.0. The van der Waals surface area contributed by atoms with Gasteiger partial charge in [0.2, 0.25) is 0 Å². The Kier molecular flexibility index (Phi) is 5.61. The van der Waals surface area contributed by atoms with Gasteiger partial charge in [0, 0.05) is 6.42 Å². The van der Waals surface area contributed by atoms with Crippen LogP contribution in [0.3, 0.4) is 0 Å². The van der Waals surface area contributed by atoms with Crippen LogP contribution in [0.1, 0.15) is 100 Å². The van der Waals surface area contributed by atoms with Crippen LogP contribution in [0.25, 0.3) is 0 Å². The molecule has 34 heavy (non-hydrogen) atoms. The summed E-state index contributed by atoms with van der Waals surface area (Å²) in [7, 11) is 0. The van der Waals surface area contributed by atoms with E-state index in [1.54, 1.807) is 0 Å². The van der Waals surface area contributed by atoms with E-state index >= 15 is 0 Å². The van der Waals surface area contributed by atoms with Gasteiger partial charge >= 0.3 is 0 Å². The van der Waals surface area contributed by atoms with Crippen LogP contribution < -0.4 is 0 Å². The number of fused-ring (bicyclic) bond motifs is 4. The van der Waals surface area contributed by atoms with Crippen molar-refractivity contribution >= 4 is 0 Å². The first-order valence-electron chi connectivity index (χ1n) is 14.0. The van der Waals surface area contributed by atoms with Crippen LogP contribution in [0.2, 0.25) is 0 Å². The van der Waals surface area contributed by atoms with Crippen LogP contribution in [-0.2, 0) is 4.74 Å². The Morgan fingerprint density at radius 2 is 1.59 bits per heavy atom. The minimum Gasteiger partial charge on any atom is -0.393 e. The third-order valence-corrected chi connectivity index (χ3v) is 12.5. The first-order chi connectivity index (χ1) is 15.6. The molecular formula is C30H50O4. The first-order valence-corrected chi connectivity index (χ1v) is 14.0. The van der Waals surface area contributed by atoms with Crippen LogP contribution in [0, 0.1) is 45.3 Å². The van der Waals surface area contributed by atoms with E-state index in [2.05, 4.69) is 54.5 Å². The lowest BCUT2D eigenvalue weighted by molar-refractivity contribution is -0.276. The lowest BCUT2D eigenvalue weighted by Gasteiger charge is -2.71. The van der Waals surface area contributed by atoms with Crippen molar-refractivity contribution in [3.63, 3.8) is 0 Å². The lowest BCUT2D eigenvalue weighted by atomic mass is 9.34. The maximum absolute atomic E-state index is 11.8. The summed E-state index contributed by atoms with van der Waals surface area (Å²) in [5, 5.41) is 34.5. The van der Waals surface area contributed by atoms with Gasteiger partial charge in [0.25, 0.3) is 0 Å². The highest BCUT2D eigenvalue weighted by Gasteiger charge is 2.73. The summed E-state index contributed by atoms with van der Waals surface area (Å²) in [6.07, 6.45) is 7.89. The van der Waals surface area contributed by atoms with E-state index in [-0.39, 0.29) is 51.8 Å². The smallest absolute Gasteiger partial charge is 0.0789 e. The topological polar surface area (TPSA) is 69.9 Å². The second-order valence-electron chi connectivity index (χ2n) is 14.9. The molecule has 5 rings (SSSR count). The molecule has 4 aliphatic carbocycles. The third-order valence-electron chi connectivity index (χ3n) is 12.5. The van der Waals surface area contributed by atoms with Crippen LogP contribution in [0.5, 0.6) is 0 Å². The lowest BCUT2D eigenvalue weighted by Crippen LogP contribution is -2.69. The van der Waals surface area contributed by atoms with E-state index in [4.69, 9.17) is 4.74 Å². The molecule has 0 amide bonds. The minimum atomic E-state index is -0.742. The van der Waals surface area contributed by atoms with Gasteiger partial charge in [0.1, 0.15) is 0 Å². The Morgan fingerprint density at radius 3 is 2.24 bits per heavy atom. The fourth-order valence-electron chi connectivity index (χ4n) is 11.0. The van der Waals surface area contributed by atoms with E-state index in [9.17, 15) is 15.3 Å². The van der Waals surface area contributed by atoms with Gasteiger partial charge in [-0.3, -0.25) is 0 Å². The summed E-state index contributed by atoms with van der Waals surface area (Å²) in [5.74, 6) is 1.07. The second kappa shape index (κ2) is 7.55. The fourth-order valence-corrected chi connectivity index (χ4v) is 11.0. The molecule has 5 aliphatic rings. The number of allylic oxidation sites excluding steroid dienone is 1. The zero-order valence-corrected chi connectivity index (χ0v) is 22.9. The zero-order chi connectivity index (χ0) is 25.1. The molecule has 0 aromatic carbocycles. The summed E-state index contributed by atoms with van der Waals surface area (Å²) in [6, 6.07) is 0. The Hall–Kier alpha value is -0.420. The van der Waals surface area contributed by atoms with Crippen molar-refractivity contribution < 1.29 is 20.1 Å². The Balaban J connectivity index is 1.62. The molecule has 4 heteroatoms. The molecule has 4 nitrogen and oxygen atoms in total. The van der Waals surface area contributed by atoms with Crippen molar-refractivity contribution in [3.05, 3.63) is 11.6 Å². The van der Waals surface area contributed by atoms with Crippen LogP contribution in [0.15, 0.2) is 11.6 Å². The molecule has 0 spiro atoms. The predicted molar refractivity (Wildman–Crippen MR) is 135 cm³/mol. The van der Waals surface area contributed by atoms with Gasteiger partial charge in [-0.1, -0.05) is 46.3 Å². The molecule has 1 heterocycles. The highest BCUT2D eigenvalue weighted by atomic mass is 16.5. The molecule has 5 fully saturated rings. The molecule has 12 atom stereocenters. The predicted octanol–water partition coefficient (Wildman–Crippen LogP) is 5.49. The van der Waals surface area contributed by atoms with Gasteiger partial charge in [-0.05, 0) is 105 Å². The average molecular weight is 475 g/mol. The molecule has 0 unspecified atom stereocenters. The highest BCUT2D eigenvalue weighted by Crippen LogP contribution is 2.76. The maximum Gasteiger partial charge on any atom is 0.0789 e. The molecule has 0 aromatic heterocycles. The van der Waals surface area contributed by atoms with Gasteiger partial charge in [-0.25, -0.2) is 0 Å². The molecule has 0 aromatic rings. The number of hydrogen-bond donors (Lipinski definition) is 3. The fraction of sp³-hybridized carbons (Fsp3) is 0.933. The van der Waals surface area contributed by atoms with E-state index in [0.29, 0.717) is 18.3 Å². The molecule has 3 N–H and O–H groups in total. The van der Waals surface area contributed by atoms with Gasteiger partial charge < -0.3 is 20.1 Å². The second-order valence-corrected chi connectivity index (χ2v) is 14.9. The van der Waals surface area contributed by atoms with Crippen LogP contribution >= 0.6 is 0 Å². The van der Waals surface area contributed by atoms with E-state index < -0.39 is 11.7 Å². The maximum atomic E-state index is 11.8. The van der Waals surface area contributed by atoms with Crippen molar-refractivity contribution in [2.75, 3.05) is 0 Å². The molecular weight excluding hydrogens is 424 g/mol. The molecule has 0 radical (unpaired) electrons. The Labute approximate surface area is 207 Å². The number of aliphatic hydroxyl groups excluding tert-OH is 2. The third kappa shape index (κ3) is 3.17. The number of hydrogen-bond acceptors (Lipinski definition) is 4. The average Bonchev–Trinajstić information content (AvgIpc) is 3.01. The normalized spacial score (nSPS) is 58.2. The monoisotopic (exact) mass is 474 g/mol. The van der Waals surface area contributed by atoms with Crippen molar-refractivity contribution in [1.29, 1.82) is 0 Å². The van der Waals surface area contributed by atoms with Crippen molar-refractivity contribution in [2.45, 2.75) is 130 Å². The van der Waals surface area contributed by atoms with E-state index in [1.165, 1.54) is 5.57 Å². The van der Waals surface area contributed by atoms with Gasteiger partial charge in [-0.2, -0.15) is 0 Å².